The van der Waals surface area contributed by atoms with Gasteiger partial charge in [-0.1, -0.05) is 16.8 Å². The maximum Gasteiger partial charge on any atom is 0.275 e. The van der Waals surface area contributed by atoms with E-state index < -0.39 is 0 Å². The molecule has 1 atom stereocenters. The van der Waals surface area contributed by atoms with Gasteiger partial charge in [0, 0.05) is 5.02 Å². The van der Waals surface area contributed by atoms with E-state index in [1.165, 1.54) is 6.07 Å². The summed E-state index contributed by atoms with van der Waals surface area (Å²) in [4.78, 5) is 12.1. The second kappa shape index (κ2) is 4.86. The van der Waals surface area contributed by atoms with Crippen molar-refractivity contribution in [2.75, 3.05) is 0 Å². The molecule has 1 amide bonds. The number of hydrogen-bond acceptors (Lipinski definition) is 4. The fourth-order valence-corrected chi connectivity index (χ4v) is 2.67. The molecule has 0 saturated carbocycles. The van der Waals surface area contributed by atoms with Crippen LogP contribution in [0, 0.1) is 12.7 Å². The van der Waals surface area contributed by atoms with Crippen LogP contribution >= 0.6 is 11.6 Å². The van der Waals surface area contributed by atoms with E-state index in [0.29, 0.717) is 29.1 Å². The molecule has 0 bridgehead atoms. The Balaban J connectivity index is 1.86. The Morgan fingerprint density at radius 2 is 2.30 bits per heavy atom. The first kappa shape index (κ1) is 13.1. The van der Waals surface area contributed by atoms with Crippen molar-refractivity contribution in [3.63, 3.8) is 0 Å². The van der Waals surface area contributed by atoms with Crippen LogP contribution in [-0.4, -0.2) is 16.2 Å². The number of aryl methyl sites for hydroxylation is 1. The summed E-state index contributed by atoms with van der Waals surface area (Å²) in [6, 6.07) is 2.70. The number of nitrogens with zero attached hydrogens (tertiary/aromatic N) is 2. The van der Waals surface area contributed by atoms with Gasteiger partial charge in [0.05, 0.1) is 6.04 Å². The summed E-state index contributed by atoms with van der Waals surface area (Å²) in [5, 5.41) is 10.2. The Kier molecular flexibility index (Phi) is 3.17. The molecule has 5 nitrogen and oxygen atoms in total. The van der Waals surface area contributed by atoms with Crippen LogP contribution in [0.5, 0.6) is 0 Å². The van der Waals surface area contributed by atoms with Crippen LogP contribution in [0.4, 0.5) is 4.39 Å². The number of rotatable bonds is 2. The Bertz CT molecular complexity index is 686. The van der Waals surface area contributed by atoms with E-state index >= 15 is 0 Å². The van der Waals surface area contributed by atoms with Gasteiger partial charge in [-0.05, 0) is 48.2 Å². The standard InChI is InChI=1S/C13H11ClFN3O2/c1-6-12(18-20-17-6)13(19)16-11-3-2-8-9(11)4-7(14)5-10(8)15/h4-5,11H,2-3H2,1H3,(H,16,19)/t11-/m1/s1. The van der Waals surface area contributed by atoms with Gasteiger partial charge in [-0.3, -0.25) is 4.79 Å². The number of amides is 1. The Morgan fingerprint density at radius 3 is 3.00 bits per heavy atom. The maximum absolute atomic E-state index is 13.8. The number of hydrogen-bond donors (Lipinski definition) is 1. The summed E-state index contributed by atoms with van der Waals surface area (Å²) in [5.74, 6) is -0.717. The fraction of sp³-hybridized carbons (Fsp3) is 0.308. The normalized spacial score (nSPS) is 17.1. The molecule has 1 aliphatic rings. The van der Waals surface area contributed by atoms with Gasteiger partial charge in [0.15, 0.2) is 5.69 Å². The predicted octanol–water partition coefficient (Wildman–Crippen LogP) is 2.59. The zero-order valence-corrected chi connectivity index (χ0v) is 11.4. The second-order valence-corrected chi connectivity index (χ2v) is 5.15. The van der Waals surface area contributed by atoms with Crippen LogP contribution in [-0.2, 0) is 6.42 Å². The summed E-state index contributed by atoms with van der Waals surface area (Å²) in [6.45, 7) is 1.63. The lowest BCUT2D eigenvalue weighted by molar-refractivity contribution is 0.0926. The fourth-order valence-electron chi connectivity index (χ4n) is 2.46. The molecule has 3 rings (SSSR count). The number of fused-ring (bicyclic) bond motifs is 1. The highest BCUT2D eigenvalue weighted by Gasteiger charge is 2.28. The van der Waals surface area contributed by atoms with E-state index in [1.54, 1.807) is 13.0 Å². The summed E-state index contributed by atoms with van der Waals surface area (Å²) < 4.78 is 18.3. The monoisotopic (exact) mass is 295 g/mol. The minimum atomic E-state index is -0.387. The number of halogens is 2. The highest BCUT2D eigenvalue weighted by atomic mass is 35.5. The van der Waals surface area contributed by atoms with Crippen LogP contribution in [0.2, 0.25) is 5.02 Å². The average molecular weight is 296 g/mol. The SMILES string of the molecule is Cc1nonc1C(=O)N[C@@H]1CCc2c(F)cc(Cl)cc21. The minimum Gasteiger partial charge on any atom is -0.344 e. The maximum atomic E-state index is 13.8. The lowest BCUT2D eigenvalue weighted by atomic mass is 10.1. The molecule has 0 fully saturated rings. The molecule has 1 aromatic carbocycles. The first-order chi connectivity index (χ1) is 9.56. The lowest BCUT2D eigenvalue weighted by Crippen LogP contribution is -2.28. The third kappa shape index (κ3) is 2.16. The van der Waals surface area contributed by atoms with Crippen molar-refractivity contribution in [2.45, 2.75) is 25.8 Å². The molecular weight excluding hydrogens is 285 g/mol. The molecule has 20 heavy (non-hydrogen) atoms. The van der Waals surface area contributed by atoms with Gasteiger partial charge in [0.2, 0.25) is 0 Å². The molecule has 104 valence electrons. The molecule has 0 spiro atoms. The van der Waals surface area contributed by atoms with Crippen molar-refractivity contribution in [1.82, 2.24) is 15.6 Å². The Labute approximate surface area is 119 Å². The predicted molar refractivity (Wildman–Crippen MR) is 69.0 cm³/mol. The van der Waals surface area contributed by atoms with Crippen molar-refractivity contribution < 1.29 is 13.8 Å². The van der Waals surface area contributed by atoms with Crippen molar-refractivity contribution in [2.24, 2.45) is 0 Å². The van der Waals surface area contributed by atoms with Crippen molar-refractivity contribution in [3.8, 4) is 0 Å². The first-order valence-electron chi connectivity index (χ1n) is 6.14. The van der Waals surface area contributed by atoms with E-state index in [9.17, 15) is 9.18 Å². The highest BCUT2D eigenvalue weighted by molar-refractivity contribution is 6.30. The van der Waals surface area contributed by atoms with Gasteiger partial charge in [-0.15, -0.1) is 0 Å². The van der Waals surface area contributed by atoms with E-state index in [1.807, 2.05) is 0 Å². The topological polar surface area (TPSA) is 68.0 Å². The van der Waals surface area contributed by atoms with Crippen LogP contribution in [0.15, 0.2) is 16.8 Å². The molecule has 0 saturated heterocycles. The largest absolute Gasteiger partial charge is 0.344 e. The van der Waals surface area contributed by atoms with Crippen LogP contribution in [0.1, 0.15) is 39.8 Å². The molecule has 0 radical (unpaired) electrons. The zero-order valence-electron chi connectivity index (χ0n) is 10.6. The summed E-state index contributed by atoms with van der Waals surface area (Å²) >= 11 is 5.87. The number of aromatic nitrogens is 2. The van der Waals surface area contributed by atoms with E-state index in [-0.39, 0.29) is 23.5 Å². The second-order valence-electron chi connectivity index (χ2n) is 4.72. The van der Waals surface area contributed by atoms with Crippen LogP contribution in [0.3, 0.4) is 0 Å². The Morgan fingerprint density at radius 1 is 1.50 bits per heavy atom. The molecule has 0 unspecified atom stereocenters. The van der Waals surface area contributed by atoms with E-state index in [0.717, 1.165) is 5.56 Å². The minimum absolute atomic E-state index is 0.140. The van der Waals surface area contributed by atoms with E-state index in [4.69, 9.17) is 11.6 Å². The molecule has 1 aromatic heterocycles. The van der Waals surface area contributed by atoms with Gasteiger partial charge in [0.25, 0.3) is 5.91 Å². The Hall–Kier alpha value is -1.95. The number of carbonyl (C=O) groups is 1. The van der Waals surface area contributed by atoms with E-state index in [2.05, 4.69) is 20.3 Å². The van der Waals surface area contributed by atoms with Gasteiger partial charge in [-0.25, -0.2) is 9.02 Å². The highest BCUT2D eigenvalue weighted by Crippen LogP contribution is 2.35. The quantitative estimate of drug-likeness (QED) is 0.924. The van der Waals surface area contributed by atoms with Crippen LogP contribution < -0.4 is 5.32 Å². The average Bonchev–Trinajstić information content (AvgIpc) is 2.96. The molecular formula is C13H11ClFN3O2. The van der Waals surface area contributed by atoms with Gasteiger partial charge < -0.3 is 5.32 Å². The van der Waals surface area contributed by atoms with Gasteiger partial charge in [0.1, 0.15) is 11.5 Å². The summed E-state index contributed by atoms with van der Waals surface area (Å²) in [6.07, 6.45) is 1.20. The molecule has 1 N–H and O–H groups in total. The molecule has 7 heteroatoms. The number of carbonyl (C=O) groups excluding carboxylic acids is 1. The summed E-state index contributed by atoms with van der Waals surface area (Å²) in [7, 11) is 0. The van der Waals surface area contributed by atoms with Crippen LogP contribution in [0.25, 0.3) is 0 Å². The number of nitrogens with one attached hydrogen (secondary N) is 1. The lowest BCUT2D eigenvalue weighted by Gasteiger charge is -2.13. The first-order valence-corrected chi connectivity index (χ1v) is 6.52. The zero-order chi connectivity index (χ0) is 14.3. The number of benzene rings is 1. The van der Waals surface area contributed by atoms with Gasteiger partial charge in [-0.2, -0.15) is 0 Å². The van der Waals surface area contributed by atoms with Crippen molar-refractivity contribution in [3.05, 3.63) is 45.5 Å². The van der Waals surface area contributed by atoms with Crippen molar-refractivity contribution >= 4 is 17.5 Å². The van der Waals surface area contributed by atoms with Gasteiger partial charge >= 0.3 is 0 Å². The molecule has 2 aromatic rings. The molecule has 1 heterocycles. The van der Waals surface area contributed by atoms with Crippen molar-refractivity contribution in [1.29, 1.82) is 0 Å². The molecule has 0 aliphatic heterocycles. The third-order valence-corrected chi connectivity index (χ3v) is 3.64. The third-order valence-electron chi connectivity index (χ3n) is 3.43. The smallest absolute Gasteiger partial charge is 0.275 e. The summed E-state index contributed by atoms with van der Waals surface area (Å²) in [5.41, 5.74) is 1.88. The molecule has 1 aliphatic carbocycles.